The summed E-state index contributed by atoms with van der Waals surface area (Å²) in [6, 6.07) is 6.84. The molecule has 0 radical (unpaired) electrons. The first-order valence-electron chi connectivity index (χ1n) is 4.99. The van der Waals surface area contributed by atoms with Crippen LogP contribution in [0, 0.1) is 0 Å². The smallest absolute Gasteiger partial charge is 0.133 e. The molecule has 2 aromatic rings. The van der Waals surface area contributed by atoms with Gasteiger partial charge in [-0.15, -0.1) is 0 Å². The van der Waals surface area contributed by atoms with Gasteiger partial charge in [-0.2, -0.15) is 5.10 Å². The van der Waals surface area contributed by atoms with Crippen molar-refractivity contribution < 1.29 is 9.84 Å². The Labute approximate surface area is 92.1 Å². The van der Waals surface area contributed by atoms with Gasteiger partial charge in [-0.25, -0.2) is 4.68 Å². The van der Waals surface area contributed by atoms with Gasteiger partial charge in [0.25, 0.3) is 0 Å². The molecular weight excluding hydrogens is 206 g/mol. The van der Waals surface area contributed by atoms with E-state index in [4.69, 9.17) is 10.5 Å². The van der Waals surface area contributed by atoms with Crippen molar-refractivity contribution in [1.29, 1.82) is 0 Å². The molecule has 0 amide bonds. The third-order valence-electron chi connectivity index (χ3n) is 2.67. The highest BCUT2D eigenvalue weighted by Crippen LogP contribution is 2.27. The molecule has 1 aromatic carbocycles. The maximum absolute atomic E-state index is 9.41. The summed E-state index contributed by atoms with van der Waals surface area (Å²) in [6.45, 7) is 1.02. The maximum Gasteiger partial charge on any atom is 0.133 e. The number of ether oxygens (including phenoxy) is 1. The Morgan fingerprint density at radius 1 is 1.38 bits per heavy atom. The number of hydrogen-bond acceptors (Lipinski definition) is 4. The second-order valence-electron chi connectivity index (χ2n) is 3.73. The van der Waals surface area contributed by atoms with Crippen LogP contribution in [0.5, 0.6) is 5.75 Å². The van der Waals surface area contributed by atoms with Crippen molar-refractivity contribution in [2.45, 2.75) is 13.2 Å². The molecule has 0 saturated heterocycles. The molecule has 1 aliphatic heterocycles. The Hall–Kier alpha value is -2.01. The number of anilines is 1. The van der Waals surface area contributed by atoms with Gasteiger partial charge in [0, 0.05) is 11.6 Å². The number of phenolic OH excluding ortho intramolecular Hbond substituents is 1. The highest BCUT2D eigenvalue weighted by atomic mass is 16.5. The van der Waals surface area contributed by atoms with E-state index >= 15 is 0 Å². The number of phenols is 1. The molecule has 0 saturated carbocycles. The lowest BCUT2D eigenvalue weighted by atomic mass is 10.2. The van der Waals surface area contributed by atoms with Crippen molar-refractivity contribution in [3.63, 3.8) is 0 Å². The predicted octanol–water partition coefficient (Wildman–Crippen LogP) is 1.19. The van der Waals surface area contributed by atoms with E-state index in [1.807, 2.05) is 6.07 Å². The molecule has 1 aromatic heterocycles. The first kappa shape index (κ1) is 9.23. The van der Waals surface area contributed by atoms with Crippen molar-refractivity contribution in [3.8, 4) is 11.4 Å². The predicted molar refractivity (Wildman–Crippen MR) is 58.1 cm³/mol. The van der Waals surface area contributed by atoms with Gasteiger partial charge in [0.1, 0.15) is 11.6 Å². The SMILES string of the molecule is Nc1c2c(nn1-c1cccc(O)c1)COC2. The fourth-order valence-corrected chi connectivity index (χ4v) is 1.86. The number of aromatic hydroxyl groups is 1. The van der Waals surface area contributed by atoms with E-state index in [1.165, 1.54) is 0 Å². The Balaban J connectivity index is 2.14. The van der Waals surface area contributed by atoms with Gasteiger partial charge in [-0.3, -0.25) is 0 Å². The summed E-state index contributed by atoms with van der Waals surface area (Å²) in [6.07, 6.45) is 0. The number of hydrogen-bond donors (Lipinski definition) is 2. The summed E-state index contributed by atoms with van der Waals surface area (Å²) >= 11 is 0. The molecule has 3 rings (SSSR count). The third kappa shape index (κ3) is 1.25. The first-order valence-corrected chi connectivity index (χ1v) is 4.99. The first-order chi connectivity index (χ1) is 7.75. The van der Waals surface area contributed by atoms with Crippen LogP contribution in [0.3, 0.4) is 0 Å². The minimum Gasteiger partial charge on any atom is -0.508 e. The van der Waals surface area contributed by atoms with Crippen LogP contribution in [0.2, 0.25) is 0 Å². The summed E-state index contributed by atoms with van der Waals surface area (Å²) in [5.74, 6) is 0.780. The van der Waals surface area contributed by atoms with Crippen LogP contribution < -0.4 is 5.73 Å². The lowest BCUT2D eigenvalue weighted by molar-refractivity contribution is 0.131. The highest BCUT2D eigenvalue weighted by molar-refractivity contribution is 5.51. The van der Waals surface area contributed by atoms with Crippen LogP contribution >= 0.6 is 0 Å². The van der Waals surface area contributed by atoms with Crippen LogP contribution in [0.25, 0.3) is 5.69 Å². The fourth-order valence-electron chi connectivity index (χ4n) is 1.86. The van der Waals surface area contributed by atoms with Gasteiger partial charge in [0.05, 0.1) is 24.6 Å². The molecule has 2 heterocycles. The molecule has 0 bridgehead atoms. The molecule has 0 fully saturated rings. The Kier molecular flexibility index (Phi) is 1.87. The monoisotopic (exact) mass is 217 g/mol. The summed E-state index contributed by atoms with van der Waals surface area (Å²) in [7, 11) is 0. The van der Waals surface area contributed by atoms with Crippen LogP contribution in [0.15, 0.2) is 24.3 Å². The number of nitrogen functional groups attached to an aromatic ring is 1. The molecule has 0 atom stereocenters. The van der Waals surface area contributed by atoms with Gasteiger partial charge in [-0.1, -0.05) is 6.07 Å². The van der Waals surface area contributed by atoms with Crippen molar-refractivity contribution in [2.75, 3.05) is 5.73 Å². The van der Waals surface area contributed by atoms with Crippen molar-refractivity contribution in [1.82, 2.24) is 9.78 Å². The number of rotatable bonds is 1. The van der Waals surface area contributed by atoms with E-state index in [0.717, 1.165) is 16.9 Å². The molecule has 1 aliphatic rings. The number of nitrogens with two attached hydrogens (primary N) is 1. The van der Waals surface area contributed by atoms with E-state index in [9.17, 15) is 5.11 Å². The molecule has 3 N–H and O–H groups in total. The zero-order chi connectivity index (χ0) is 11.1. The lowest BCUT2D eigenvalue weighted by Crippen LogP contribution is -2.03. The average molecular weight is 217 g/mol. The van der Waals surface area contributed by atoms with Gasteiger partial charge in [-0.05, 0) is 12.1 Å². The van der Waals surface area contributed by atoms with Crippen LogP contribution in [-0.4, -0.2) is 14.9 Å². The fraction of sp³-hybridized carbons (Fsp3) is 0.182. The average Bonchev–Trinajstić information content (AvgIpc) is 2.82. The molecular formula is C11H11N3O2. The quantitative estimate of drug-likeness (QED) is 0.752. The largest absolute Gasteiger partial charge is 0.508 e. The van der Waals surface area contributed by atoms with E-state index < -0.39 is 0 Å². The lowest BCUT2D eigenvalue weighted by Gasteiger charge is -2.05. The molecule has 82 valence electrons. The standard InChI is InChI=1S/C11H11N3O2/c12-11-9-5-16-6-10(9)13-14(11)7-2-1-3-8(15)4-7/h1-4,15H,5-6,12H2. The highest BCUT2D eigenvalue weighted by Gasteiger charge is 2.21. The molecule has 16 heavy (non-hydrogen) atoms. The topological polar surface area (TPSA) is 73.3 Å². The van der Waals surface area contributed by atoms with Gasteiger partial charge in [0.15, 0.2) is 0 Å². The number of nitrogens with zero attached hydrogens (tertiary/aromatic N) is 2. The second-order valence-corrected chi connectivity index (χ2v) is 3.73. The van der Waals surface area contributed by atoms with Crippen LogP contribution in [0.1, 0.15) is 11.3 Å². The van der Waals surface area contributed by atoms with Gasteiger partial charge in [0.2, 0.25) is 0 Å². The van der Waals surface area contributed by atoms with Crippen molar-refractivity contribution >= 4 is 5.82 Å². The minimum atomic E-state index is 0.198. The van der Waals surface area contributed by atoms with Gasteiger partial charge < -0.3 is 15.6 Å². The van der Waals surface area contributed by atoms with Crippen molar-refractivity contribution in [2.24, 2.45) is 0 Å². The summed E-state index contributed by atoms with van der Waals surface area (Å²) in [4.78, 5) is 0. The third-order valence-corrected chi connectivity index (χ3v) is 2.67. The van der Waals surface area contributed by atoms with E-state index in [-0.39, 0.29) is 5.75 Å². The van der Waals surface area contributed by atoms with Crippen molar-refractivity contribution in [3.05, 3.63) is 35.5 Å². The number of aromatic nitrogens is 2. The van der Waals surface area contributed by atoms with Gasteiger partial charge >= 0.3 is 0 Å². The Morgan fingerprint density at radius 3 is 3.00 bits per heavy atom. The summed E-state index contributed by atoms with van der Waals surface area (Å²) in [5, 5.41) is 13.8. The van der Waals surface area contributed by atoms with Crippen LogP contribution in [0.4, 0.5) is 5.82 Å². The number of fused-ring (bicyclic) bond motifs is 1. The Morgan fingerprint density at radius 2 is 2.25 bits per heavy atom. The zero-order valence-corrected chi connectivity index (χ0v) is 8.55. The molecule has 0 aliphatic carbocycles. The minimum absolute atomic E-state index is 0.198. The number of benzene rings is 1. The molecule has 5 nitrogen and oxygen atoms in total. The summed E-state index contributed by atoms with van der Waals surface area (Å²) in [5.41, 5.74) is 8.56. The normalized spacial score (nSPS) is 14.0. The zero-order valence-electron chi connectivity index (χ0n) is 8.55. The van der Waals surface area contributed by atoms with E-state index in [0.29, 0.717) is 19.0 Å². The van der Waals surface area contributed by atoms with Crippen LogP contribution in [-0.2, 0) is 18.0 Å². The maximum atomic E-state index is 9.41. The molecule has 0 spiro atoms. The molecule has 5 heteroatoms. The van der Waals surface area contributed by atoms with E-state index in [2.05, 4.69) is 5.10 Å². The summed E-state index contributed by atoms with van der Waals surface area (Å²) < 4.78 is 6.88. The van der Waals surface area contributed by atoms with E-state index in [1.54, 1.807) is 22.9 Å². The Bertz CT molecular complexity index is 548. The second kappa shape index (κ2) is 3.24. The molecule has 0 unspecified atom stereocenters.